The van der Waals surface area contributed by atoms with Crippen LogP contribution >= 0.6 is 0 Å². The Labute approximate surface area is 113 Å². The van der Waals surface area contributed by atoms with E-state index >= 15 is 0 Å². The van der Waals surface area contributed by atoms with Gasteiger partial charge in [-0.3, -0.25) is 0 Å². The van der Waals surface area contributed by atoms with Crippen molar-refractivity contribution in [3.8, 4) is 5.75 Å². The highest BCUT2D eigenvalue weighted by Crippen LogP contribution is 2.25. The minimum absolute atomic E-state index is 0.0756. The highest BCUT2D eigenvalue weighted by molar-refractivity contribution is 5.92. The molecule has 19 heavy (non-hydrogen) atoms. The lowest BCUT2D eigenvalue weighted by molar-refractivity contribution is 0.0688. The van der Waals surface area contributed by atoms with E-state index in [2.05, 4.69) is 11.9 Å². The Morgan fingerprint density at radius 1 is 1.42 bits per heavy atom. The number of nitrogen functional groups attached to an aromatic ring is 1. The molecule has 2 rings (SSSR count). The van der Waals surface area contributed by atoms with Crippen molar-refractivity contribution in [3.05, 3.63) is 23.8 Å². The molecule has 1 heterocycles. The molecule has 0 spiro atoms. The van der Waals surface area contributed by atoms with Crippen molar-refractivity contribution < 1.29 is 14.6 Å². The first-order valence-electron chi connectivity index (χ1n) is 6.54. The van der Waals surface area contributed by atoms with E-state index in [0.717, 1.165) is 32.4 Å². The summed E-state index contributed by atoms with van der Waals surface area (Å²) in [5, 5.41) is 9.17. The zero-order valence-electron chi connectivity index (χ0n) is 11.1. The number of rotatable bonds is 3. The number of ether oxygens (including phenoxy) is 1. The van der Waals surface area contributed by atoms with Crippen LogP contribution in [0.1, 0.15) is 29.6 Å². The van der Waals surface area contributed by atoms with E-state index in [1.807, 2.05) is 0 Å². The molecule has 0 saturated carbocycles. The Morgan fingerprint density at radius 3 is 2.95 bits per heavy atom. The average Bonchev–Trinajstić information content (AvgIpc) is 2.56. The Balaban J connectivity index is 2.12. The van der Waals surface area contributed by atoms with Crippen LogP contribution in [0.15, 0.2) is 18.2 Å². The molecule has 3 N–H and O–H groups in total. The van der Waals surface area contributed by atoms with Crippen LogP contribution in [0.2, 0.25) is 0 Å². The predicted octanol–water partition coefficient (Wildman–Crippen LogP) is 1.83. The number of nitrogens with two attached hydrogens (primary N) is 1. The maximum absolute atomic E-state index is 11.2. The molecule has 0 amide bonds. The van der Waals surface area contributed by atoms with Gasteiger partial charge >= 0.3 is 5.97 Å². The lowest BCUT2D eigenvalue weighted by atomic mass is 10.1. The summed E-state index contributed by atoms with van der Waals surface area (Å²) in [7, 11) is 2.09. The Bertz CT molecular complexity index is 462. The van der Waals surface area contributed by atoms with Gasteiger partial charge in [-0.05, 0) is 51.1 Å². The van der Waals surface area contributed by atoms with Gasteiger partial charge in [-0.2, -0.15) is 0 Å². The number of nitrogens with zero attached hydrogens (tertiary/aromatic N) is 1. The predicted molar refractivity (Wildman–Crippen MR) is 73.6 cm³/mol. The topological polar surface area (TPSA) is 75.8 Å². The van der Waals surface area contributed by atoms with E-state index in [1.54, 1.807) is 12.1 Å². The summed E-state index contributed by atoms with van der Waals surface area (Å²) >= 11 is 0. The quantitative estimate of drug-likeness (QED) is 0.815. The zero-order valence-corrected chi connectivity index (χ0v) is 11.1. The molecule has 1 saturated heterocycles. The molecule has 1 atom stereocenters. The molecule has 0 bridgehead atoms. The van der Waals surface area contributed by atoms with Crippen LogP contribution in [0.25, 0.3) is 0 Å². The van der Waals surface area contributed by atoms with Crippen molar-refractivity contribution in [2.75, 3.05) is 25.9 Å². The summed E-state index contributed by atoms with van der Waals surface area (Å²) in [5.41, 5.74) is 6.19. The second-order valence-corrected chi connectivity index (χ2v) is 5.03. The number of carbonyl (C=O) groups is 1. The van der Waals surface area contributed by atoms with Gasteiger partial charge in [-0.25, -0.2) is 4.79 Å². The summed E-state index contributed by atoms with van der Waals surface area (Å²) < 4.78 is 5.87. The Hall–Kier alpha value is -1.75. The molecule has 1 aromatic rings. The summed E-state index contributed by atoms with van der Waals surface area (Å²) in [6.45, 7) is 2.04. The van der Waals surface area contributed by atoms with Crippen molar-refractivity contribution in [1.82, 2.24) is 4.90 Å². The van der Waals surface area contributed by atoms with Gasteiger partial charge in [0.1, 0.15) is 17.4 Å². The standard InChI is InChI=1S/C14H20N2O3/c1-16-7-2-3-11(6-8-16)19-13-5-4-10(15)9-12(13)14(17)18/h4-5,9,11H,2-3,6-8,15H2,1H3,(H,17,18). The van der Waals surface area contributed by atoms with E-state index in [0.29, 0.717) is 11.4 Å². The lowest BCUT2D eigenvalue weighted by Gasteiger charge is -2.19. The normalized spacial score (nSPS) is 20.8. The summed E-state index contributed by atoms with van der Waals surface area (Å²) in [6, 6.07) is 4.76. The first kappa shape index (κ1) is 13.7. The molecule has 1 aromatic carbocycles. The number of likely N-dealkylation sites (tertiary alicyclic amines) is 1. The van der Waals surface area contributed by atoms with Gasteiger partial charge < -0.3 is 20.5 Å². The minimum Gasteiger partial charge on any atom is -0.489 e. The molecule has 104 valence electrons. The minimum atomic E-state index is -1.01. The van der Waals surface area contributed by atoms with Crippen molar-refractivity contribution >= 4 is 11.7 Å². The van der Waals surface area contributed by atoms with E-state index in [1.165, 1.54) is 6.07 Å². The third-order valence-corrected chi connectivity index (χ3v) is 3.43. The molecule has 1 unspecified atom stereocenters. The average molecular weight is 264 g/mol. The van der Waals surface area contributed by atoms with Crippen LogP contribution in [0.4, 0.5) is 5.69 Å². The zero-order chi connectivity index (χ0) is 13.8. The number of benzene rings is 1. The van der Waals surface area contributed by atoms with E-state index in [4.69, 9.17) is 10.5 Å². The van der Waals surface area contributed by atoms with Crippen LogP contribution in [-0.2, 0) is 0 Å². The van der Waals surface area contributed by atoms with Crippen LogP contribution in [-0.4, -0.2) is 42.2 Å². The maximum Gasteiger partial charge on any atom is 0.339 e. The van der Waals surface area contributed by atoms with Crippen molar-refractivity contribution in [3.63, 3.8) is 0 Å². The second kappa shape index (κ2) is 5.93. The Morgan fingerprint density at radius 2 is 2.21 bits per heavy atom. The molecule has 1 fully saturated rings. The van der Waals surface area contributed by atoms with Gasteiger partial charge in [0.25, 0.3) is 0 Å². The van der Waals surface area contributed by atoms with Crippen molar-refractivity contribution in [2.45, 2.75) is 25.4 Å². The van der Waals surface area contributed by atoms with Crippen molar-refractivity contribution in [1.29, 1.82) is 0 Å². The van der Waals surface area contributed by atoms with Crippen LogP contribution in [0, 0.1) is 0 Å². The lowest BCUT2D eigenvalue weighted by Crippen LogP contribution is -2.22. The van der Waals surface area contributed by atoms with Crippen LogP contribution < -0.4 is 10.5 Å². The van der Waals surface area contributed by atoms with Crippen LogP contribution in [0.5, 0.6) is 5.75 Å². The summed E-state index contributed by atoms with van der Waals surface area (Å²) in [4.78, 5) is 13.5. The first-order valence-corrected chi connectivity index (χ1v) is 6.54. The van der Waals surface area contributed by atoms with E-state index < -0.39 is 5.97 Å². The summed E-state index contributed by atoms with van der Waals surface area (Å²) in [6.07, 6.45) is 3.01. The molecule has 0 aliphatic carbocycles. The third-order valence-electron chi connectivity index (χ3n) is 3.43. The fourth-order valence-corrected chi connectivity index (χ4v) is 2.32. The molecule has 1 aliphatic rings. The SMILES string of the molecule is CN1CCCC(Oc2ccc(N)cc2C(=O)O)CC1. The molecule has 0 aromatic heterocycles. The van der Waals surface area contributed by atoms with Gasteiger partial charge in [0.15, 0.2) is 0 Å². The second-order valence-electron chi connectivity index (χ2n) is 5.03. The van der Waals surface area contributed by atoms with E-state index in [-0.39, 0.29) is 11.7 Å². The third kappa shape index (κ3) is 3.61. The molecule has 5 nitrogen and oxygen atoms in total. The first-order chi connectivity index (χ1) is 9.06. The largest absolute Gasteiger partial charge is 0.489 e. The highest BCUT2D eigenvalue weighted by Gasteiger charge is 2.19. The highest BCUT2D eigenvalue weighted by atomic mass is 16.5. The number of carboxylic acid groups (broad SMARTS) is 1. The Kier molecular flexibility index (Phi) is 4.27. The molecule has 0 radical (unpaired) electrons. The number of anilines is 1. The molecule has 5 heteroatoms. The van der Waals surface area contributed by atoms with E-state index in [9.17, 15) is 9.90 Å². The molecule has 1 aliphatic heterocycles. The monoisotopic (exact) mass is 264 g/mol. The maximum atomic E-state index is 11.2. The fourth-order valence-electron chi connectivity index (χ4n) is 2.32. The van der Waals surface area contributed by atoms with Crippen LogP contribution in [0.3, 0.4) is 0 Å². The van der Waals surface area contributed by atoms with Crippen molar-refractivity contribution in [2.24, 2.45) is 0 Å². The number of hydrogen-bond donors (Lipinski definition) is 2. The van der Waals surface area contributed by atoms with Gasteiger partial charge in [0.05, 0.1) is 0 Å². The summed E-state index contributed by atoms with van der Waals surface area (Å²) in [5.74, 6) is -0.593. The molecular formula is C14H20N2O3. The molecular weight excluding hydrogens is 244 g/mol. The smallest absolute Gasteiger partial charge is 0.339 e. The number of carboxylic acids is 1. The van der Waals surface area contributed by atoms with Gasteiger partial charge in [-0.15, -0.1) is 0 Å². The van der Waals surface area contributed by atoms with Gasteiger partial charge in [-0.1, -0.05) is 0 Å². The fraction of sp³-hybridized carbons (Fsp3) is 0.500. The van der Waals surface area contributed by atoms with Gasteiger partial charge in [0, 0.05) is 12.2 Å². The van der Waals surface area contributed by atoms with Gasteiger partial charge in [0.2, 0.25) is 0 Å². The number of aromatic carboxylic acids is 1. The number of hydrogen-bond acceptors (Lipinski definition) is 4.